The van der Waals surface area contributed by atoms with E-state index in [0.717, 1.165) is 12.8 Å². The van der Waals surface area contributed by atoms with Crippen LogP contribution in [-0.2, 0) is 20.7 Å². The molecule has 1 atom stereocenters. The Kier molecular flexibility index (Phi) is 5.68. The Morgan fingerprint density at radius 2 is 2.17 bits per heavy atom. The summed E-state index contributed by atoms with van der Waals surface area (Å²) in [5.74, 6) is -0.377. The van der Waals surface area contributed by atoms with E-state index in [0.29, 0.717) is 16.3 Å². The summed E-state index contributed by atoms with van der Waals surface area (Å²) in [7, 11) is 1.49. The number of nitrogens with zero attached hydrogens (tertiary/aromatic N) is 1. The van der Waals surface area contributed by atoms with Crippen LogP contribution in [0.2, 0.25) is 5.02 Å². The molecular weight excluding hydrogens is 332 g/mol. The molecular formula is C17H19ClN2O4. The van der Waals surface area contributed by atoms with Crippen LogP contribution in [-0.4, -0.2) is 31.1 Å². The molecule has 1 aliphatic rings. The maximum atomic E-state index is 11.9. The van der Waals surface area contributed by atoms with Gasteiger partial charge in [0.25, 0.3) is 5.91 Å². The predicted molar refractivity (Wildman–Crippen MR) is 87.6 cm³/mol. The highest BCUT2D eigenvalue weighted by atomic mass is 35.5. The Morgan fingerprint density at radius 1 is 1.46 bits per heavy atom. The van der Waals surface area contributed by atoms with E-state index in [9.17, 15) is 14.9 Å². The van der Waals surface area contributed by atoms with Crippen LogP contribution in [0.15, 0.2) is 18.2 Å². The fraction of sp³-hybridized carbons (Fsp3) is 0.471. The van der Waals surface area contributed by atoms with E-state index in [4.69, 9.17) is 21.1 Å². The number of nitrogens with one attached hydrogen (secondary N) is 1. The lowest BCUT2D eigenvalue weighted by Gasteiger charge is -2.22. The summed E-state index contributed by atoms with van der Waals surface area (Å²) in [6.45, 7) is 1.26. The second kappa shape index (κ2) is 7.54. The number of nitriles is 1. The largest absolute Gasteiger partial charge is 0.496 e. The SMILES string of the molecule is COc1ccc(Cl)cc1CC(=O)OCC(=O)N[C@](C)(C#N)C1CC1. The molecule has 0 heterocycles. The van der Waals surface area contributed by atoms with Gasteiger partial charge in [0.1, 0.15) is 11.3 Å². The first-order chi connectivity index (χ1) is 11.4. The summed E-state index contributed by atoms with van der Waals surface area (Å²) in [6, 6.07) is 7.04. The molecule has 1 amide bonds. The molecule has 6 nitrogen and oxygen atoms in total. The summed E-state index contributed by atoms with van der Waals surface area (Å²) in [6.07, 6.45) is 1.77. The lowest BCUT2D eigenvalue weighted by Crippen LogP contribution is -2.48. The first kappa shape index (κ1) is 18.1. The van der Waals surface area contributed by atoms with Crippen LogP contribution in [0.5, 0.6) is 5.75 Å². The monoisotopic (exact) mass is 350 g/mol. The van der Waals surface area contributed by atoms with Crippen LogP contribution in [0.4, 0.5) is 0 Å². The number of benzene rings is 1. The molecule has 0 saturated heterocycles. The van der Waals surface area contributed by atoms with Crippen LogP contribution >= 0.6 is 11.6 Å². The van der Waals surface area contributed by atoms with Crippen LogP contribution in [0, 0.1) is 17.2 Å². The van der Waals surface area contributed by atoms with E-state index < -0.39 is 24.0 Å². The maximum absolute atomic E-state index is 11.9. The third-order valence-electron chi connectivity index (χ3n) is 3.97. The number of hydrogen-bond donors (Lipinski definition) is 1. The number of amides is 1. The molecule has 1 fully saturated rings. The molecule has 1 aliphatic carbocycles. The van der Waals surface area contributed by atoms with Crippen molar-refractivity contribution in [2.24, 2.45) is 5.92 Å². The lowest BCUT2D eigenvalue weighted by atomic mass is 9.98. The average Bonchev–Trinajstić information content (AvgIpc) is 3.38. The molecule has 0 spiro atoms. The molecule has 1 aromatic carbocycles. The molecule has 0 radical (unpaired) electrons. The van der Waals surface area contributed by atoms with E-state index in [2.05, 4.69) is 11.4 Å². The first-order valence-corrected chi connectivity index (χ1v) is 7.96. The Hall–Kier alpha value is -2.26. The normalized spacial score (nSPS) is 15.8. The molecule has 2 rings (SSSR count). The maximum Gasteiger partial charge on any atom is 0.310 e. The van der Waals surface area contributed by atoms with Gasteiger partial charge in [0.05, 0.1) is 19.6 Å². The van der Waals surface area contributed by atoms with Crippen molar-refractivity contribution in [1.29, 1.82) is 5.26 Å². The van der Waals surface area contributed by atoms with Gasteiger partial charge in [0, 0.05) is 10.6 Å². The van der Waals surface area contributed by atoms with Gasteiger partial charge in [-0.1, -0.05) is 11.6 Å². The Bertz CT molecular complexity index is 682. The van der Waals surface area contributed by atoms with Crippen molar-refractivity contribution in [3.63, 3.8) is 0 Å². The standard InChI is InChI=1S/C17H19ClN2O4/c1-17(10-19,12-3-4-12)20-15(21)9-24-16(22)8-11-7-13(18)5-6-14(11)23-2/h5-7,12H,3-4,8-9H2,1-2H3,(H,20,21)/t17-/m1/s1. The molecule has 0 aromatic heterocycles. The third kappa shape index (κ3) is 4.62. The van der Waals surface area contributed by atoms with Crippen LogP contribution in [0.25, 0.3) is 0 Å². The number of carbonyl (C=O) groups is 2. The highest BCUT2D eigenvalue weighted by molar-refractivity contribution is 6.30. The summed E-state index contributed by atoms with van der Waals surface area (Å²) >= 11 is 5.91. The highest BCUT2D eigenvalue weighted by Crippen LogP contribution is 2.39. The van der Waals surface area contributed by atoms with Crippen molar-refractivity contribution < 1.29 is 19.1 Å². The fourth-order valence-corrected chi connectivity index (χ4v) is 2.64. The molecule has 1 N–H and O–H groups in total. The second-order valence-corrected chi connectivity index (χ2v) is 6.37. The van der Waals surface area contributed by atoms with Gasteiger partial charge in [-0.05, 0) is 43.9 Å². The first-order valence-electron chi connectivity index (χ1n) is 7.58. The van der Waals surface area contributed by atoms with E-state index in [-0.39, 0.29) is 12.3 Å². The summed E-state index contributed by atoms with van der Waals surface area (Å²) in [5, 5.41) is 12.3. The van der Waals surface area contributed by atoms with Crippen molar-refractivity contribution in [2.75, 3.05) is 13.7 Å². The van der Waals surface area contributed by atoms with Crippen molar-refractivity contribution >= 4 is 23.5 Å². The minimum atomic E-state index is -0.903. The van der Waals surface area contributed by atoms with Gasteiger partial charge in [0.15, 0.2) is 6.61 Å². The van der Waals surface area contributed by atoms with E-state index in [1.54, 1.807) is 25.1 Å². The lowest BCUT2D eigenvalue weighted by molar-refractivity contribution is -0.148. The van der Waals surface area contributed by atoms with Gasteiger partial charge >= 0.3 is 5.97 Å². The molecule has 1 aromatic rings. The topological polar surface area (TPSA) is 88.4 Å². The second-order valence-electron chi connectivity index (χ2n) is 5.93. The van der Waals surface area contributed by atoms with Crippen LogP contribution in [0.3, 0.4) is 0 Å². The van der Waals surface area contributed by atoms with Crippen molar-refractivity contribution in [3.8, 4) is 11.8 Å². The van der Waals surface area contributed by atoms with Gasteiger partial charge < -0.3 is 14.8 Å². The summed E-state index contributed by atoms with van der Waals surface area (Å²) < 4.78 is 10.1. The number of halogens is 1. The minimum Gasteiger partial charge on any atom is -0.496 e. The number of ether oxygens (including phenoxy) is 2. The van der Waals surface area contributed by atoms with Gasteiger partial charge in [-0.3, -0.25) is 9.59 Å². The van der Waals surface area contributed by atoms with Gasteiger partial charge in [0.2, 0.25) is 0 Å². The number of esters is 1. The minimum absolute atomic E-state index is 0.0604. The van der Waals surface area contributed by atoms with Gasteiger partial charge in [-0.2, -0.15) is 5.26 Å². The van der Waals surface area contributed by atoms with Crippen LogP contribution in [0.1, 0.15) is 25.3 Å². The van der Waals surface area contributed by atoms with E-state index in [1.165, 1.54) is 7.11 Å². The molecule has 0 aliphatic heterocycles. The zero-order chi connectivity index (χ0) is 17.7. The Balaban J connectivity index is 1.86. The van der Waals surface area contributed by atoms with E-state index in [1.807, 2.05) is 0 Å². The zero-order valence-corrected chi connectivity index (χ0v) is 14.4. The van der Waals surface area contributed by atoms with Crippen molar-refractivity contribution in [3.05, 3.63) is 28.8 Å². The van der Waals surface area contributed by atoms with Crippen molar-refractivity contribution in [2.45, 2.75) is 31.7 Å². The summed E-state index contributed by atoms with van der Waals surface area (Å²) in [5.41, 5.74) is -0.324. The molecule has 24 heavy (non-hydrogen) atoms. The highest BCUT2D eigenvalue weighted by Gasteiger charge is 2.43. The number of carbonyl (C=O) groups excluding carboxylic acids is 2. The Labute approximate surface area is 145 Å². The molecule has 1 saturated carbocycles. The smallest absolute Gasteiger partial charge is 0.310 e. The third-order valence-corrected chi connectivity index (χ3v) is 4.20. The quantitative estimate of drug-likeness (QED) is 0.762. The predicted octanol–water partition coefficient (Wildman–Crippen LogP) is 2.24. The fourth-order valence-electron chi connectivity index (χ4n) is 2.45. The average molecular weight is 351 g/mol. The van der Waals surface area contributed by atoms with Gasteiger partial charge in [-0.15, -0.1) is 0 Å². The Morgan fingerprint density at radius 3 is 2.75 bits per heavy atom. The van der Waals surface area contributed by atoms with Crippen molar-refractivity contribution in [1.82, 2.24) is 5.32 Å². The molecule has 0 unspecified atom stereocenters. The molecule has 128 valence electrons. The molecule has 0 bridgehead atoms. The summed E-state index contributed by atoms with van der Waals surface area (Å²) in [4.78, 5) is 23.8. The van der Waals surface area contributed by atoms with Crippen LogP contribution < -0.4 is 10.1 Å². The molecule has 7 heteroatoms. The van der Waals surface area contributed by atoms with E-state index >= 15 is 0 Å². The number of hydrogen-bond acceptors (Lipinski definition) is 5. The zero-order valence-electron chi connectivity index (χ0n) is 13.6. The number of rotatable bonds is 7. The number of methoxy groups -OCH3 is 1. The van der Waals surface area contributed by atoms with Gasteiger partial charge in [-0.25, -0.2) is 0 Å².